The molecule has 1 heterocycles. The first kappa shape index (κ1) is 14.0. The number of rotatable bonds is 5. The van der Waals surface area contributed by atoms with Gasteiger partial charge in [-0.15, -0.1) is 11.3 Å². The molecule has 2 aromatic rings. The van der Waals surface area contributed by atoms with Crippen molar-refractivity contribution in [1.82, 2.24) is 5.32 Å². The fraction of sp³-hybridized carbons (Fsp3) is 0.231. The molecule has 0 fully saturated rings. The number of hydrogen-bond acceptors (Lipinski definition) is 2. The Hall–Kier alpha value is -0.420. The second kappa shape index (κ2) is 6.66. The van der Waals surface area contributed by atoms with E-state index in [1.165, 1.54) is 17.0 Å². The number of halogens is 3. The van der Waals surface area contributed by atoms with Crippen LogP contribution in [0.1, 0.15) is 10.4 Å². The van der Waals surface area contributed by atoms with E-state index in [0.29, 0.717) is 11.6 Å². The molecule has 96 valence electrons. The lowest BCUT2D eigenvalue weighted by atomic mass is 10.2. The average molecular weight is 349 g/mol. The van der Waals surface area contributed by atoms with Crippen LogP contribution < -0.4 is 5.32 Å². The molecule has 0 atom stereocenters. The lowest BCUT2D eigenvalue weighted by Crippen LogP contribution is -2.16. The van der Waals surface area contributed by atoms with Crippen molar-refractivity contribution in [3.05, 3.63) is 55.4 Å². The molecule has 18 heavy (non-hydrogen) atoms. The zero-order valence-electron chi connectivity index (χ0n) is 9.55. The van der Waals surface area contributed by atoms with Gasteiger partial charge in [0.15, 0.2) is 0 Å². The summed E-state index contributed by atoms with van der Waals surface area (Å²) in [7, 11) is 0. The van der Waals surface area contributed by atoms with E-state index >= 15 is 0 Å². The van der Waals surface area contributed by atoms with Gasteiger partial charge in [-0.25, -0.2) is 4.39 Å². The summed E-state index contributed by atoms with van der Waals surface area (Å²) in [5.41, 5.74) is 0.922. The molecule has 1 aromatic heterocycles. The second-order valence-electron chi connectivity index (χ2n) is 3.87. The van der Waals surface area contributed by atoms with Crippen molar-refractivity contribution in [2.75, 3.05) is 6.54 Å². The fourth-order valence-electron chi connectivity index (χ4n) is 1.59. The minimum Gasteiger partial charge on any atom is -0.312 e. The van der Waals surface area contributed by atoms with Gasteiger partial charge in [0.25, 0.3) is 0 Å². The van der Waals surface area contributed by atoms with E-state index in [1.54, 1.807) is 17.4 Å². The van der Waals surface area contributed by atoms with Gasteiger partial charge in [0, 0.05) is 23.0 Å². The Bertz CT molecular complexity index is 529. The van der Waals surface area contributed by atoms with Crippen molar-refractivity contribution in [3.8, 4) is 0 Å². The SMILES string of the molecule is Fc1ccc(CNCCc2ccc(Br)s2)c(Cl)c1. The topological polar surface area (TPSA) is 12.0 Å². The molecule has 0 spiro atoms. The molecule has 0 amide bonds. The summed E-state index contributed by atoms with van der Waals surface area (Å²) in [5.74, 6) is -0.299. The Kier molecular flexibility index (Phi) is 5.18. The van der Waals surface area contributed by atoms with Gasteiger partial charge in [0.05, 0.1) is 3.79 Å². The van der Waals surface area contributed by atoms with E-state index in [1.807, 2.05) is 0 Å². The first-order valence-corrected chi connectivity index (χ1v) is 7.53. The van der Waals surface area contributed by atoms with Crippen molar-refractivity contribution < 1.29 is 4.39 Å². The van der Waals surface area contributed by atoms with E-state index in [0.717, 1.165) is 22.3 Å². The van der Waals surface area contributed by atoms with Crippen molar-refractivity contribution in [1.29, 1.82) is 0 Å². The average Bonchev–Trinajstić information content (AvgIpc) is 2.73. The first-order chi connectivity index (χ1) is 8.65. The molecule has 0 aliphatic rings. The maximum atomic E-state index is 12.9. The maximum absolute atomic E-state index is 12.9. The molecule has 1 N–H and O–H groups in total. The summed E-state index contributed by atoms with van der Waals surface area (Å²) in [6.07, 6.45) is 0.981. The van der Waals surface area contributed by atoms with Crippen LogP contribution in [0.25, 0.3) is 0 Å². The van der Waals surface area contributed by atoms with Gasteiger partial charge in [-0.05, 0) is 52.2 Å². The Morgan fingerprint density at radius 2 is 2.11 bits per heavy atom. The Morgan fingerprint density at radius 1 is 1.28 bits per heavy atom. The summed E-state index contributed by atoms with van der Waals surface area (Å²) in [6.45, 7) is 1.53. The quantitative estimate of drug-likeness (QED) is 0.777. The smallest absolute Gasteiger partial charge is 0.124 e. The molecule has 1 aromatic carbocycles. The molecule has 0 bridgehead atoms. The van der Waals surface area contributed by atoms with Crippen LogP contribution in [0.5, 0.6) is 0 Å². The molecule has 0 saturated heterocycles. The molecule has 0 unspecified atom stereocenters. The highest BCUT2D eigenvalue weighted by molar-refractivity contribution is 9.11. The molecular formula is C13H12BrClFNS. The zero-order valence-corrected chi connectivity index (χ0v) is 12.7. The van der Waals surface area contributed by atoms with Gasteiger partial charge >= 0.3 is 0 Å². The fourth-order valence-corrected chi connectivity index (χ4v) is 3.30. The molecule has 0 aliphatic heterocycles. The molecule has 2 rings (SSSR count). The zero-order chi connectivity index (χ0) is 13.0. The number of thiophene rings is 1. The third kappa shape index (κ3) is 4.05. The Morgan fingerprint density at radius 3 is 2.78 bits per heavy atom. The van der Waals surface area contributed by atoms with Crippen LogP contribution in [-0.2, 0) is 13.0 Å². The van der Waals surface area contributed by atoms with Gasteiger partial charge < -0.3 is 5.32 Å². The lowest BCUT2D eigenvalue weighted by Gasteiger charge is -2.06. The molecule has 0 aliphatic carbocycles. The second-order valence-corrected chi connectivity index (χ2v) is 6.82. The number of benzene rings is 1. The van der Waals surface area contributed by atoms with Crippen LogP contribution in [-0.4, -0.2) is 6.54 Å². The van der Waals surface area contributed by atoms with Gasteiger partial charge in [-0.2, -0.15) is 0 Å². The highest BCUT2D eigenvalue weighted by Gasteiger charge is 2.02. The normalized spacial score (nSPS) is 10.8. The van der Waals surface area contributed by atoms with Crippen molar-refractivity contribution in [2.45, 2.75) is 13.0 Å². The van der Waals surface area contributed by atoms with E-state index in [9.17, 15) is 4.39 Å². The van der Waals surface area contributed by atoms with Crippen molar-refractivity contribution >= 4 is 38.9 Å². The lowest BCUT2D eigenvalue weighted by molar-refractivity contribution is 0.625. The third-order valence-electron chi connectivity index (χ3n) is 2.51. The van der Waals surface area contributed by atoms with Gasteiger partial charge in [0.2, 0.25) is 0 Å². The minimum absolute atomic E-state index is 0.299. The summed E-state index contributed by atoms with van der Waals surface area (Å²) < 4.78 is 14.0. The molecule has 5 heteroatoms. The number of nitrogens with one attached hydrogen (secondary N) is 1. The molecule has 1 nitrogen and oxygen atoms in total. The molecular weight excluding hydrogens is 337 g/mol. The van der Waals surface area contributed by atoms with E-state index in [4.69, 9.17) is 11.6 Å². The van der Waals surface area contributed by atoms with Crippen molar-refractivity contribution in [2.24, 2.45) is 0 Å². The van der Waals surface area contributed by atoms with Crippen LogP contribution in [0.15, 0.2) is 34.1 Å². The summed E-state index contributed by atoms with van der Waals surface area (Å²) in [5, 5.41) is 3.78. The highest BCUT2D eigenvalue weighted by Crippen LogP contribution is 2.22. The Labute approximate surface area is 123 Å². The summed E-state index contributed by atoms with van der Waals surface area (Å²) in [4.78, 5) is 1.33. The summed E-state index contributed by atoms with van der Waals surface area (Å²) >= 11 is 11.1. The maximum Gasteiger partial charge on any atom is 0.124 e. The van der Waals surface area contributed by atoms with Gasteiger partial charge in [-0.3, -0.25) is 0 Å². The standard InChI is InChI=1S/C13H12BrClFNS/c14-13-4-3-11(18-13)5-6-17-8-9-1-2-10(16)7-12(9)15/h1-4,7,17H,5-6,8H2. The van der Waals surface area contributed by atoms with E-state index < -0.39 is 0 Å². The molecule has 0 saturated carbocycles. The van der Waals surface area contributed by atoms with Crippen LogP contribution in [0, 0.1) is 5.82 Å². The Balaban J connectivity index is 1.78. The van der Waals surface area contributed by atoms with Gasteiger partial charge in [-0.1, -0.05) is 17.7 Å². The predicted octanol–water partition coefficient (Wildman–Crippen LogP) is 4.64. The van der Waals surface area contributed by atoms with Gasteiger partial charge in [0.1, 0.15) is 5.82 Å². The summed E-state index contributed by atoms with van der Waals surface area (Å²) in [6, 6.07) is 8.65. The van der Waals surface area contributed by atoms with Crippen LogP contribution in [0.3, 0.4) is 0 Å². The largest absolute Gasteiger partial charge is 0.312 e. The highest BCUT2D eigenvalue weighted by atomic mass is 79.9. The van der Waals surface area contributed by atoms with Crippen LogP contribution in [0.4, 0.5) is 4.39 Å². The van der Waals surface area contributed by atoms with E-state index in [-0.39, 0.29) is 5.82 Å². The van der Waals surface area contributed by atoms with Crippen molar-refractivity contribution in [3.63, 3.8) is 0 Å². The predicted molar refractivity (Wildman–Crippen MR) is 78.8 cm³/mol. The van der Waals surface area contributed by atoms with Crippen LogP contribution >= 0.6 is 38.9 Å². The van der Waals surface area contributed by atoms with E-state index in [2.05, 4.69) is 33.4 Å². The van der Waals surface area contributed by atoms with Crippen LogP contribution in [0.2, 0.25) is 5.02 Å². The third-order valence-corrected chi connectivity index (χ3v) is 4.54. The first-order valence-electron chi connectivity index (χ1n) is 5.54. The monoisotopic (exact) mass is 347 g/mol. The number of hydrogen-bond donors (Lipinski definition) is 1. The minimum atomic E-state index is -0.299. The molecule has 0 radical (unpaired) electrons.